The zero-order valence-electron chi connectivity index (χ0n) is 11.4. The summed E-state index contributed by atoms with van der Waals surface area (Å²) in [5.41, 5.74) is 4.53. The molecule has 0 bridgehead atoms. The van der Waals surface area contributed by atoms with Gasteiger partial charge >= 0.3 is 0 Å². The van der Waals surface area contributed by atoms with Gasteiger partial charge in [-0.05, 0) is 42.4 Å². The number of aromatic amines is 1. The molecule has 0 fully saturated rings. The van der Waals surface area contributed by atoms with Crippen LogP contribution in [0.1, 0.15) is 11.1 Å². The van der Waals surface area contributed by atoms with Gasteiger partial charge in [-0.3, -0.25) is 0 Å². The second-order valence-electron chi connectivity index (χ2n) is 4.69. The molecule has 0 saturated carbocycles. The lowest BCUT2D eigenvalue weighted by Gasteiger charge is -2.07. The fourth-order valence-electron chi connectivity index (χ4n) is 2.40. The first-order valence-electron chi connectivity index (χ1n) is 6.36. The highest BCUT2D eigenvalue weighted by Crippen LogP contribution is 2.20. The number of methoxy groups -OCH3 is 1. The number of aryl methyl sites for hydroxylation is 1. The lowest BCUT2D eigenvalue weighted by atomic mass is 10.2. The maximum atomic E-state index is 5.43. The molecular weight excluding hydrogens is 270 g/mol. The molecule has 2 aromatic heterocycles. The molecule has 0 saturated heterocycles. The molecule has 0 spiro atoms. The fraction of sp³-hybridized carbons (Fsp3) is 0.200. The van der Waals surface area contributed by atoms with Crippen LogP contribution in [0.2, 0.25) is 0 Å². The Morgan fingerprint density at radius 1 is 1.35 bits per heavy atom. The minimum atomic E-state index is 0.616. The number of hydrogen-bond donors (Lipinski definition) is 1. The summed E-state index contributed by atoms with van der Waals surface area (Å²) in [5.74, 6) is 0.616. The summed E-state index contributed by atoms with van der Waals surface area (Å²) in [5, 5.41) is 0. The van der Waals surface area contributed by atoms with Crippen molar-refractivity contribution in [2.45, 2.75) is 13.5 Å². The van der Waals surface area contributed by atoms with Gasteiger partial charge in [-0.15, -0.1) is 0 Å². The Hall–Kier alpha value is -2.14. The zero-order valence-corrected chi connectivity index (χ0v) is 12.2. The molecular formula is C15H15N3OS. The van der Waals surface area contributed by atoms with Crippen LogP contribution < -0.4 is 4.74 Å². The summed E-state index contributed by atoms with van der Waals surface area (Å²) in [6, 6.07) is 10.1. The summed E-state index contributed by atoms with van der Waals surface area (Å²) < 4.78 is 7.99. The second-order valence-corrected chi connectivity index (χ2v) is 5.08. The first kappa shape index (κ1) is 12.9. The number of H-pyrrole nitrogens is 1. The Morgan fingerprint density at radius 3 is 3.00 bits per heavy atom. The molecule has 102 valence electrons. The van der Waals surface area contributed by atoms with E-state index in [1.165, 1.54) is 5.56 Å². The normalized spacial score (nSPS) is 10.9. The fourth-order valence-corrected chi connectivity index (χ4v) is 2.66. The van der Waals surface area contributed by atoms with Gasteiger partial charge in [0.15, 0.2) is 4.77 Å². The molecule has 0 atom stereocenters. The van der Waals surface area contributed by atoms with E-state index in [1.807, 2.05) is 24.3 Å². The van der Waals surface area contributed by atoms with E-state index < -0.39 is 0 Å². The SMILES string of the molecule is COc1cc(Cn2c(=S)[nH]c3cccc(C)c32)ccn1. The molecule has 20 heavy (non-hydrogen) atoms. The lowest BCUT2D eigenvalue weighted by Crippen LogP contribution is -2.01. The van der Waals surface area contributed by atoms with Crippen molar-refractivity contribution < 1.29 is 4.74 Å². The maximum absolute atomic E-state index is 5.43. The molecule has 0 aliphatic rings. The van der Waals surface area contributed by atoms with E-state index in [0.717, 1.165) is 21.4 Å². The monoisotopic (exact) mass is 285 g/mol. The summed E-state index contributed by atoms with van der Waals surface area (Å²) in [6.07, 6.45) is 1.75. The number of benzene rings is 1. The van der Waals surface area contributed by atoms with E-state index in [4.69, 9.17) is 17.0 Å². The van der Waals surface area contributed by atoms with Crippen molar-refractivity contribution in [2.75, 3.05) is 7.11 Å². The van der Waals surface area contributed by atoms with Crippen molar-refractivity contribution in [1.82, 2.24) is 14.5 Å². The number of fused-ring (bicyclic) bond motifs is 1. The third-order valence-corrected chi connectivity index (χ3v) is 3.67. The largest absolute Gasteiger partial charge is 0.481 e. The van der Waals surface area contributed by atoms with Crippen molar-refractivity contribution in [1.29, 1.82) is 0 Å². The third kappa shape index (κ3) is 2.20. The van der Waals surface area contributed by atoms with E-state index in [-0.39, 0.29) is 0 Å². The Kier molecular flexibility index (Phi) is 3.28. The summed E-state index contributed by atoms with van der Waals surface area (Å²) in [4.78, 5) is 7.37. The number of aromatic nitrogens is 3. The van der Waals surface area contributed by atoms with Crippen molar-refractivity contribution in [3.05, 3.63) is 52.4 Å². The average Bonchev–Trinajstić information content (AvgIpc) is 2.77. The summed E-state index contributed by atoms with van der Waals surface area (Å²) in [6.45, 7) is 2.79. The van der Waals surface area contributed by atoms with Crippen LogP contribution in [0.4, 0.5) is 0 Å². The molecule has 1 N–H and O–H groups in total. The van der Waals surface area contributed by atoms with Crippen molar-refractivity contribution in [2.24, 2.45) is 0 Å². The molecule has 5 heteroatoms. The first-order chi connectivity index (χ1) is 9.69. The molecule has 0 amide bonds. The van der Waals surface area contributed by atoms with Gasteiger partial charge in [-0.1, -0.05) is 12.1 Å². The molecule has 0 aliphatic carbocycles. The van der Waals surface area contributed by atoms with Gasteiger partial charge in [0.2, 0.25) is 5.88 Å². The lowest BCUT2D eigenvalue weighted by molar-refractivity contribution is 0.397. The Bertz CT molecular complexity index is 819. The minimum absolute atomic E-state index is 0.616. The third-order valence-electron chi connectivity index (χ3n) is 3.34. The molecule has 3 rings (SSSR count). The van der Waals surface area contributed by atoms with E-state index >= 15 is 0 Å². The summed E-state index contributed by atoms with van der Waals surface area (Å²) in [7, 11) is 1.62. The van der Waals surface area contributed by atoms with Crippen molar-refractivity contribution in [3.63, 3.8) is 0 Å². The first-order valence-corrected chi connectivity index (χ1v) is 6.77. The van der Waals surface area contributed by atoms with Crippen LogP contribution in [0, 0.1) is 11.7 Å². The zero-order chi connectivity index (χ0) is 14.1. The van der Waals surface area contributed by atoms with Crippen molar-refractivity contribution in [3.8, 4) is 5.88 Å². The number of imidazole rings is 1. The Labute approximate surface area is 122 Å². The van der Waals surface area contributed by atoms with Gasteiger partial charge in [0.1, 0.15) is 0 Å². The predicted octanol–water partition coefficient (Wildman–Crippen LogP) is 3.46. The van der Waals surface area contributed by atoms with E-state index in [0.29, 0.717) is 12.4 Å². The highest BCUT2D eigenvalue weighted by atomic mass is 32.1. The molecule has 1 aromatic carbocycles. The molecule has 4 nitrogen and oxygen atoms in total. The van der Waals surface area contributed by atoms with Crippen LogP contribution in [0.15, 0.2) is 36.5 Å². The number of nitrogens with one attached hydrogen (secondary N) is 1. The van der Waals surface area contributed by atoms with Gasteiger partial charge in [0.25, 0.3) is 0 Å². The van der Waals surface area contributed by atoms with Gasteiger partial charge in [0, 0.05) is 12.3 Å². The van der Waals surface area contributed by atoms with Crippen LogP contribution in [-0.2, 0) is 6.54 Å². The van der Waals surface area contributed by atoms with Crippen LogP contribution in [-0.4, -0.2) is 21.6 Å². The van der Waals surface area contributed by atoms with Gasteiger partial charge in [-0.25, -0.2) is 4.98 Å². The molecule has 0 unspecified atom stereocenters. The Balaban J connectivity index is 2.10. The standard InChI is InChI=1S/C15H15N3OS/c1-10-4-3-5-12-14(10)18(15(20)17-12)9-11-6-7-16-13(8-11)19-2/h3-8H,9H2,1-2H3,(H,17,20). The van der Waals surface area contributed by atoms with Gasteiger partial charge in [-0.2, -0.15) is 0 Å². The number of nitrogens with zero attached hydrogens (tertiary/aromatic N) is 2. The second kappa shape index (κ2) is 5.09. The maximum Gasteiger partial charge on any atom is 0.213 e. The number of hydrogen-bond acceptors (Lipinski definition) is 3. The summed E-state index contributed by atoms with van der Waals surface area (Å²) >= 11 is 5.43. The topological polar surface area (TPSA) is 42.8 Å². The van der Waals surface area contributed by atoms with E-state index in [1.54, 1.807) is 13.3 Å². The number of para-hydroxylation sites is 1. The quantitative estimate of drug-likeness (QED) is 0.749. The predicted molar refractivity (Wildman–Crippen MR) is 81.8 cm³/mol. The number of rotatable bonds is 3. The van der Waals surface area contributed by atoms with Gasteiger partial charge in [0.05, 0.1) is 24.7 Å². The van der Waals surface area contributed by atoms with Crippen molar-refractivity contribution >= 4 is 23.3 Å². The van der Waals surface area contributed by atoms with E-state index in [9.17, 15) is 0 Å². The van der Waals surface area contributed by atoms with Crippen LogP contribution in [0.5, 0.6) is 5.88 Å². The minimum Gasteiger partial charge on any atom is -0.481 e. The molecule has 0 aliphatic heterocycles. The molecule has 2 heterocycles. The average molecular weight is 285 g/mol. The number of ether oxygens (including phenoxy) is 1. The van der Waals surface area contributed by atoms with Crippen LogP contribution in [0.25, 0.3) is 11.0 Å². The number of pyridine rings is 1. The molecule has 3 aromatic rings. The highest BCUT2D eigenvalue weighted by molar-refractivity contribution is 7.71. The highest BCUT2D eigenvalue weighted by Gasteiger charge is 2.08. The smallest absolute Gasteiger partial charge is 0.213 e. The van der Waals surface area contributed by atoms with Crippen LogP contribution >= 0.6 is 12.2 Å². The Morgan fingerprint density at radius 2 is 2.20 bits per heavy atom. The molecule has 0 radical (unpaired) electrons. The van der Waals surface area contributed by atoms with Crippen LogP contribution in [0.3, 0.4) is 0 Å². The van der Waals surface area contributed by atoms with E-state index in [2.05, 4.69) is 27.5 Å². The van der Waals surface area contributed by atoms with Gasteiger partial charge < -0.3 is 14.3 Å².